The lowest BCUT2D eigenvalue weighted by atomic mass is 10.0. The second-order valence-corrected chi connectivity index (χ2v) is 6.27. The molecule has 0 aromatic rings. The van der Waals surface area contributed by atoms with Crippen LogP contribution in [0, 0.1) is 0 Å². The van der Waals surface area contributed by atoms with Gasteiger partial charge in [-0.15, -0.1) is 0 Å². The molecule has 0 aromatic carbocycles. The Kier molecular flexibility index (Phi) is 3.42. The Morgan fingerprint density at radius 3 is 2.23 bits per heavy atom. The summed E-state index contributed by atoms with van der Waals surface area (Å²) in [5, 5.41) is 0. The van der Waals surface area contributed by atoms with Crippen LogP contribution < -0.4 is 0 Å². The molecule has 13 heavy (non-hydrogen) atoms. The van der Waals surface area contributed by atoms with Gasteiger partial charge in [-0.3, -0.25) is 0 Å². The van der Waals surface area contributed by atoms with Gasteiger partial charge in [0.15, 0.2) is 0 Å². The van der Waals surface area contributed by atoms with Gasteiger partial charge in [-0.2, -0.15) is 0 Å². The van der Waals surface area contributed by atoms with Crippen LogP contribution >= 0.6 is 34.8 Å². The third-order valence-corrected chi connectivity index (χ3v) is 2.36. The van der Waals surface area contributed by atoms with E-state index in [2.05, 4.69) is 0 Å². The van der Waals surface area contributed by atoms with Crippen molar-refractivity contribution in [1.82, 2.24) is 0 Å². The van der Waals surface area contributed by atoms with E-state index in [1.54, 1.807) is 0 Å². The van der Waals surface area contributed by atoms with Crippen LogP contribution in [-0.2, 0) is 9.47 Å². The van der Waals surface area contributed by atoms with Crippen LogP contribution in [0.4, 0.5) is 0 Å². The molecule has 2 unspecified atom stereocenters. The van der Waals surface area contributed by atoms with Gasteiger partial charge in [-0.05, 0) is 20.8 Å². The molecule has 1 aliphatic rings. The van der Waals surface area contributed by atoms with Crippen molar-refractivity contribution < 1.29 is 9.47 Å². The maximum absolute atomic E-state index is 5.69. The van der Waals surface area contributed by atoms with Crippen molar-refractivity contribution in [3.63, 3.8) is 0 Å². The Hall–Kier alpha value is 0.790. The zero-order valence-electron chi connectivity index (χ0n) is 7.81. The summed E-state index contributed by atoms with van der Waals surface area (Å²) in [6.45, 7) is 5.85. The lowest BCUT2D eigenvalue weighted by molar-refractivity contribution is -0.266. The second-order valence-electron chi connectivity index (χ2n) is 3.90. The largest absolute Gasteiger partial charge is 0.345 e. The summed E-state index contributed by atoms with van der Waals surface area (Å²) in [7, 11) is 0. The Morgan fingerprint density at radius 2 is 1.85 bits per heavy atom. The van der Waals surface area contributed by atoms with E-state index in [9.17, 15) is 0 Å². The van der Waals surface area contributed by atoms with E-state index >= 15 is 0 Å². The summed E-state index contributed by atoms with van der Waals surface area (Å²) in [4.78, 5) is 0. The summed E-state index contributed by atoms with van der Waals surface area (Å²) in [5.74, 6) is 0. The monoisotopic (exact) mass is 246 g/mol. The third-order valence-electron chi connectivity index (χ3n) is 1.83. The van der Waals surface area contributed by atoms with Gasteiger partial charge >= 0.3 is 0 Å². The number of alkyl halides is 3. The molecule has 1 saturated heterocycles. The van der Waals surface area contributed by atoms with E-state index in [-0.39, 0.29) is 11.7 Å². The summed E-state index contributed by atoms with van der Waals surface area (Å²) < 4.78 is 9.34. The molecular formula is C8H13Cl3O2. The zero-order valence-corrected chi connectivity index (χ0v) is 10.1. The van der Waals surface area contributed by atoms with Crippen LogP contribution in [-0.4, -0.2) is 21.8 Å². The first-order valence-corrected chi connectivity index (χ1v) is 5.24. The van der Waals surface area contributed by atoms with E-state index in [0.717, 1.165) is 6.42 Å². The van der Waals surface area contributed by atoms with E-state index in [1.807, 2.05) is 20.8 Å². The molecule has 1 aliphatic heterocycles. The van der Waals surface area contributed by atoms with Gasteiger partial charge in [-0.25, -0.2) is 0 Å². The molecule has 0 amide bonds. The fourth-order valence-corrected chi connectivity index (χ4v) is 1.75. The fraction of sp³-hybridized carbons (Fsp3) is 1.00. The highest BCUT2D eigenvalue weighted by Gasteiger charge is 2.43. The molecule has 5 heteroatoms. The van der Waals surface area contributed by atoms with Crippen molar-refractivity contribution in [2.24, 2.45) is 0 Å². The third kappa shape index (κ3) is 3.45. The fourth-order valence-electron chi connectivity index (χ4n) is 1.46. The number of halogens is 3. The van der Waals surface area contributed by atoms with Crippen LogP contribution in [0.1, 0.15) is 27.2 Å². The average molecular weight is 248 g/mol. The Balaban J connectivity index is 2.69. The molecule has 0 aromatic heterocycles. The SMILES string of the molecule is CC1CC(C)(C)OC(C(Cl)(Cl)Cl)O1. The molecule has 0 bridgehead atoms. The van der Waals surface area contributed by atoms with Gasteiger partial charge in [0, 0.05) is 6.42 Å². The summed E-state index contributed by atoms with van der Waals surface area (Å²) in [5.41, 5.74) is -0.299. The topological polar surface area (TPSA) is 18.5 Å². The molecule has 0 N–H and O–H groups in total. The predicted octanol–water partition coefficient (Wildman–Crippen LogP) is 3.29. The standard InChI is InChI=1S/C8H13Cl3O2/c1-5-4-7(2,3)13-6(12-5)8(9,10)11/h5-6H,4H2,1-3H3. The van der Waals surface area contributed by atoms with E-state index in [0.29, 0.717) is 0 Å². The quantitative estimate of drug-likeness (QED) is 0.612. The van der Waals surface area contributed by atoms with Gasteiger partial charge in [0.05, 0.1) is 11.7 Å². The van der Waals surface area contributed by atoms with Gasteiger partial charge in [0.1, 0.15) is 0 Å². The van der Waals surface area contributed by atoms with Crippen LogP contribution in [0.15, 0.2) is 0 Å². The predicted molar refractivity (Wildman–Crippen MR) is 54.4 cm³/mol. The second kappa shape index (κ2) is 3.74. The maximum atomic E-state index is 5.69. The summed E-state index contributed by atoms with van der Waals surface area (Å²) in [6, 6.07) is 0. The Labute approximate surface area is 93.4 Å². The van der Waals surface area contributed by atoms with Crippen molar-refractivity contribution in [2.45, 2.75) is 49.0 Å². The molecule has 2 nitrogen and oxygen atoms in total. The smallest absolute Gasteiger partial charge is 0.240 e. The highest BCUT2D eigenvalue weighted by molar-refractivity contribution is 6.67. The van der Waals surface area contributed by atoms with Gasteiger partial charge in [0.2, 0.25) is 10.1 Å². The van der Waals surface area contributed by atoms with E-state index in [4.69, 9.17) is 44.3 Å². The van der Waals surface area contributed by atoms with Crippen molar-refractivity contribution >= 4 is 34.8 Å². The molecule has 1 rings (SSSR count). The van der Waals surface area contributed by atoms with Crippen molar-refractivity contribution in [3.05, 3.63) is 0 Å². The van der Waals surface area contributed by atoms with Crippen molar-refractivity contribution in [3.8, 4) is 0 Å². The highest BCUT2D eigenvalue weighted by atomic mass is 35.6. The molecule has 1 heterocycles. The molecule has 0 radical (unpaired) electrons. The van der Waals surface area contributed by atoms with E-state index in [1.165, 1.54) is 0 Å². The number of ether oxygens (including phenoxy) is 2. The van der Waals surface area contributed by atoms with Crippen molar-refractivity contribution in [1.29, 1.82) is 0 Å². The molecule has 1 fully saturated rings. The number of hydrogen-bond donors (Lipinski definition) is 0. The average Bonchev–Trinajstić information content (AvgIpc) is 1.79. The normalized spacial score (nSPS) is 34.6. The summed E-state index contributed by atoms with van der Waals surface area (Å²) in [6.07, 6.45) is 0.0603. The highest BCUT2D eigenvalue weighted by Crippen LogP contribution is 2.39. The van der Waals surface area contributed by atoms with Crippen LogP contribution in [0.2, 0.25) is 0 Å². The van der Waals surface area contributed by atoms with Crippen LogP contribution in [0.5, 0.6) is 0 Å². The van der Waals surface area contributed by atoms with Gasteiger partial charge in [0.25, 0.3) is 0 Å². The molecule has 0 aliphatic carbocycles. The number of rotatable bonds is 0. The first-order chi connectivity index (χ1) is 5.71. The van der Waals surface area contributed by atoms with Gasteiger partial charge in [-0.1, -0.05) is 34.8 Å². The van der Waals surface area contributed by atoms with Crippen molar-refractivity contribution in [2.75, 3.05) is 0 Å². The molecular weight excluding hydrogens is 234 g/mol. The van der Waals surface area contributed by atoms with E-state index < -0.39 is 10.1 Å². The minimum absolute atomic E-state index is 0.0457. The van der Waals surface area contributed by atoms with Gasteiger partial charge < -0.3 is 9.47 Å². The minimum atomic E-state index is -1.52. The Morgan fingerprint density at radius 1 is 1.31 bits per heavy atom. The Bertz CT molecular complexity index is 188. The molecule has 0 spiro atoms. The molecule has 78 valence electrons. The minimum Gasteiger partial charge on any atom is -0.345 e. The van der Waals surface area contributed by atoms with Crippen LogP contribution in [0.25, 0.3) is 0 Å². The van der Waals surface area contributed by atoms with Crippen LogP contribution in [0.3, 0.4) is 0 Å². The number of hydrogen-bond acceptors (Lipinski definition) is 2. The summed E-state index contributed by atoms with van der Waals surface area (Å²) >= 11 is 17.1. The zero-order chi connectivity index (χ0) is 10.3. The maximum Gasteiger partial charge on any atom is 0.240 e. The lowest BCUT2D eigenvalue weighted by Gasteiger charge is -2.41. The first-order valence-electron chi connectivity index (χ1n) is 4.11. The first kappa shape index (κ1) is 11.9. The lowest BCUT2D eigenvalue weighted by Crippen LogP contribution is -2.48. The molecule has 0 saturated carbocycles. The molecule has 2 atom stereocenters.